The second kappa shape index (κ2) is 8.89. The number of aromatic amines is 1. The number of anilines is 1. The Morgan fingerprint density at radius 2 is 1.75 bits per heavy atom. The van der Waals surface area contributed by atoms with Gasteiger partial charge in [-0.25, -0.2) is 14.2 Å². The number of nitrogens with zero attached hydrogens (tertiary/aromatic N) is 1. The lowest BCUT2D eigenvalue weighted by Crippen LogP contribution is -2.30. The third kappa shape index (κ3) is 4.59. The molecule has 1 aromatic heterocycles. The van der Waals surface area contributed by atoms with Crippen molar-refractivity contribution in [2.45, 2.75) is 13.0 Å². The Balaban J connectivity index is 1.45. The zero-order chi connectivity index (χ0) is 22.7. The second-order valence-electron chi connectivity index (χ2n) is 7.09. The summed E-state index contributed by atoms with van der Waals surface area (Å²) in [4.78, 5) is 32.6. The molecule has 0 aliphatic carbocycles. The SMILES string of the molecule is COc1ccc(-c2nc3ccc(C(=O)OC(C)C(=O)Nc4ccc(F)cc4)cc3[nH]2)cc1. The number of carbonyl (C=O) groups excluding carboxylic acids is 2. The fourth-order valence-corrected chi connectivity index (χ4v) is 3.08. The number of aromatic nitrogens is 2. The van der Waals surface area contributed by atoms with Crippen molar-refractivity contribution >= 4 is 28.6 Å². The number of benzene rings is 3. The number of amides is 1. The molecule has 0 aliphatic rings. The number of imidazole rings is 1. The number of rotatable bonds is 6. The largest absolute Gasteiger partial charge is 0.497 e. The van der Waals surface area contributed by atoms with Gasteiger partial charge in [0.1, 0.15) is 17.4 Å². The van der Waals surface area contributed by atoms with E-state index in [0.29, 0.717) is 22.5 Å². The second-order valence-corrected chi connectivity index (χ2v) is 7.09. The van der Waals surface area contributed by atoms with Crippen LogP contribution in [0.5, 0.6) is 5.75 Å². The van der Waals surface area contributed by atoms with Gasteiger partial charge in [0.25, 0.3) is 5.91 Å². The van der Waals surface area contributed by atoms with Crippen LogP contribution in [-0.4, -0.2) is 35.1 Å². The van der Waals surface area contributed by atoms with Gasteiger partial charge in [0.05, 0.1) is 23.7 Å². The number of fused-ring (bicyclic) bond motifs is 1. The van der Waals surface area contributed by atoms with Crippen LogP contribution < -0.4 is 10.1 Å². The Bertz CT molecular complexity index is 1270. The van der Waals surface area contributed by atoms with Crippen LogP contribution in [0, 0.1) is 5.82 Å². The number of hydrogen-bond donors (Lipinski definition) is 2. The van der Waals surface area contributed by atoms with E-state index in [-0.39, 0.29) is 5.56 Å². The normalized spacial score (nSPS) is 11.7. The molecular weight excluding hydrogens is 413 g/mol. The van der Waals surface area contributed by atoms with Crippen LogP contribution in [-0.2, 0) is 9.53 Å². The lowest BCUT2D eigenvalue weighted by molar-refractivity contribution is -0.123. The average molecular weight is 433 g/mol. The van der Waals surface area contributed by atoms with Crippen molar-refractivity contribution in [3.05, 3.63) is 78.1 Å². The van der Waals surface area contributed by atoms with Crippen LogP contribution in [0.1, 0.15) is 17.3 Å². The summed E-state index contributed by atoms with van der Waals surface area (Å²) in [7, 11) is 1.60. The fourth-order valence-electron chi connectivity index (χ4n) is 3.08. The maximum Gasteiger partial charge on any atom is 0.338 e. The molecule has 0 fully saturated rings. The van der Waals surface area contributed by atoms with E-state index >= 15 is 0 Å². The smallest absolute Gasteiger partial charge is 0.338 e. The minimum absolute atomic E-state index is 0.281. The van der Waals surface area contributed by atoms with E-state index < -0.39 is 23.8 Å². The molecule has 0 bridgehead atoms. The van der Waals surface area contributed by atoms with E-state index in [1.165, 1.54) is 31.2 Å². The van der Waals surface area contributed by atoms with Gasteiger partial charge in [0.2, 0.25) is 0 Å². The summed E-state index contributed by atoms with van der Waals surface area (Å²) in [6, 6.07) is 17.7. The van der Waals surface area contributed by atoms with E-state index in [2.05, 4.69) is 15.3 Å². The monoisotopic (exact) mass is 433 g/mol. The van der Waals surface area contributed by atoms with E-state index in [1.807, 2.05) is 24.3 Å². The van der Waals surface area contributed by atoms with Gasteiger partial charge in [-0.1, -0.05) is 0 Å². The Hall–Kier alpha value is -4.20. The topological polar surface area (TPSA) is 93.3 Å². The molecule has 0 spiro atoms. The highest BCUT2D eigenvalue weighted by molar-refractivity contribution is 5.98. The van der Waals surface area contributed by atoms with Crippen molar-refractivity contribution in [3.63, 3.8) is 0 Å². The fraction of sp³-hybridized carbons (Fsp3) is 0.125. The van der Waals surface area contributed by atoms with Crippen molar-refractivity contribution in [1.82, 2.24) is 9.97 Å². The van der Waals surface area contributed by atoms with Crippen molar-refractivity contribution in [3.8, 4) is 17.1 Å². The summed E-state index contributed by atoms with van der Waals surface area (Å²) >= 11 is 0. The minimum atomic E-state index is -1.04. The molecule has 8 heteroatoms. The van der Waals surface area contributed by atoms with Crippen molar-refractivity contribution in [2.75, 3.05) is 12.4 Å². The highest BCUT2D eigenvalue weighted by Crippen LogP contribution is 2.24. The molecule has 0 saturated carbocycles. The summed E-state index contributed by atoms with van der Waals surface area (Å²) in [5.74, 6) is -0.178. The first-order chi connectivity index (χ1) is 15.4. The van der Waals surface area contributed by atoms with Gasteiger partial charge in [-0.3, -0.25) is 4.79 Å². The van der Waals surface area contributed by atoms with Gasteiger partial charge in [0, 0.05) is 11.3 Å². The van der Waals surface area contributed by atoms with Crippen LogP contribution in [0.15, 0.2) is 66.7 Å². The van der Waals surface area contributed by atoms with E-state index in [1.54, 1.807) is 25.3 Å². The molecule has 162 valence electrons. The van der Waals surface area contributed by atoms with E-state index in [0.717, 1.165) is 11.3 Å². The molecule has 3 aromatic carbocycles. The lowest BCUT2D eigenvalue weighted by Gasteiger charge is -2.13. The predicted octanol–water partition coefficient (Wildman–Crippen LogP) is 4.56. The molecule has 0 radical (unpaired) electrons. The van der Waals surface area contributed by atoms with Gasteiger partial charge >= 0.3 is 5.97 Å². The first-order valence-electron chi connectivity index (χ1n) is 9.84. The number of hydrogen-bond acceptors (Lipinski definition) is 5. The molecule has 4 rings (SSSR count). The molecule has 1 atom stereocenters. The van der Waals surface area contributed by atoms with Crippen LogP contribution in [0.2, 0.25) is 0 Å². The standard InChI is InChI=1S/C24H20FN3O4/c1-14(23(29)26-18-8-6-17(25)7-9-18)32-24(30)16-5-12-20-21(13-16)28-22(27-20)15-3-10-19(31-2)11-4-15/h3-14H,1-2H3,(H,26,29)(H,27,28). The van der Waals surface area contributed by atoms with Crippen molar-refractivity contribution in [1.29, 1.82) is 0 Å². The third-order valence-electron chi connectivity index (χ3n) is 4.85. The summed E-state index contributed by atoms with van der Waals surface area (Å²) in [6.45, 7) is 1.47. The van der Waals surface area contributed by atoms with E-state index in [4.69, 9.17) is 9.47 Å². The highest BCUT2D eigenvalue weighted by atomic mass is 19.1. The summed E-state index contributed by atoms with van der Waals surface area (Å²) in [6.07, 6.45) is -1.04. The Morgan fingerprint density at radius 1 is 1.03 bits per heavy atom. The first-order valence-corrected chi connectivity index (χ1v) is 9.84. The molecule has 4 aromatic rings. The van der Waals surface area contributed by atoms with E-state index in [9.17, 15) is 14.0 Å². The predicted molar refractivity (Wildman–Crippen MR) is 118 cm³/mol. The summed E-state index contributed by atoms with van der Waals surface area (Å²) in [5, 5.41) is 2.58. The number of H-pyrrole nitrogens is 1. The molecule has 1 unspecified atom stereocenters. The van der Waals surface area contributed by atoms with Gasteiger partial charge < -0.3 is 19.8 Å². The molecule has 2 N–H and O–H groups in total. The number of ether oxygens (including phenoxy) is 2. The maximum absolute atomic E-state index is 13.0. The highest BCUT2D eigenvalue weighted by Gasteiger charge is 2.20. The lowest BCUT2D eigenvalue weighted by atomic mass is 10.2. The Kier molecular flexibility index (Phi) is 5.85. The van der Waals surface area contributed by atoms with Crippen LogP contribution in [0.3, 0.4) is 0 Å². The molecular formula is C24H20FN3O4. The quantitative estimate of drug-likeness (QED) is 0.435. The first kappa shape index (κ1) is 21.0. The maximum atomic E-state index is 13.0. The number of carbonyl (C=O) groups is 2. The van der Waals surface area contributed by atoms with Crippen LogP contribution in [0.25, 0.3) is 22.4 Å². The average Bonchev–Trinajstić information content (AvgIpc) is 3.24. The summed E-state index contributed by atoms with van der Waals surface area (Å²) < 4.78 is 23.4. The zero-order valence-electron chi connectivity index (χ0n) is 17.4. The van der Waals surface area contributed by atoms with Gasteiger partial charge in [0.15, 0.2) is 6.10 Å². The number of esters is 1. The minimum Gasteiger partial charge on any atom is -0.497 e. The molecule has 1 heterocycles. The zero-order valence-corrected chi connectivity index (χ0v) is 17.4. The molecule has 1 amide bonds. The molecule has 32 heavy (non-hydrogen) atoms. The van der Waals surface area contributed by atoms with Crippen LogP contribution in [0.4, 0.5) is 10.1 Å². The Morgan fingerprint density at radius 3 is 2.44 bits per heavy atom. The van der Waals surface area contributed by atoms with Crippen molar-refractivity contribution in [2.24, 2.45) is 0 Å². The van der Waals surface area contributed by atoms with Gasteiger partial charge in [-0.2, -0.15) is 0 Å². The van der Waals surface area contributed by atoms with Crippen LogP contribution >= 0.6 is 0 Å². The number of methoxy groups -OCH3 is 1. The third-order valence-corrected chi connectivity index (χ3v) is 4.85. The molecule has 0 saturated heterocycles. The molecule has 7 nitrogen and oxygen atoms in total. The van der Waals surface area contributed by atoms with Crippen molar-refractivity contribution < 1.29 is 23.5 Å². The van der Waals surface area contributed by atoms with Gasteiger partial charge in [-0.15, -0.1) is 0 Å². The summed E-state index contributed by atoms with van der Waals surface area (Å²) in [5.41, 5.74) is 2.91. The van der Waals surface area contributed by atoms with Gasteiger partial charge in [-0.05, 0) is 73.7 Å². The number of halogens is 1. The number of nitrogens with one attached hydrogen (secondary N) is 2. The molecule has 0 aliphatic heterocycles. The Labute approximate surface area is 183 Å².